The Hall–Kier alpha value is -1.57. The Morgan fingerprint density at radius 2 is 2.19 bits per heavy atom. The lowest BCUT2D eigenvalue weighted by Gasteiger charge is -2.29. The summed E-state index contributed by atoms with van der Waals surface area (Å²) in [5, 5.41) is 4.51. The third-order valence-electron chi connectivity index (χ3n) is 3.38. The summed E-state index contributed by atoms with van der Waals surface area (Å²) in [7, 11) is 0. The van der Waals surface area contributed by atoms with E-state index in [4.69, 9.17) is 4.74 Å². The van der Waals surface area contributed by atoms with Gasteiger partial charge < -0.3 is 4.74 Å². The molecule has 5 nitrogen and oxygen atoms in total. The van der Waals surface area contributed by atoms with Crippen molar-refractivity contribution in [1.82, 2.24) is 9.78 Å². The second kappa shape index (κ2) is 5.67. The van der Waals surface area contributed by atoms with Crippen LogP contribution in [0.2, 0.25) is 0 Å². The van der Waals surface area contributed by atoms with Crippen molar-refractivity contribution < 1.29 is 9.53 Å². The molecule has 1 aliphatic heterocycles. The molecule has 0 aliphatic carbocycles. The van der Waals surface area contributed by atoms with Crippen LogP contribution < -0.4 is 9.64 Å². The smallest absolute Gasteiger partial charge is 0.265 e. The monoisotopic (exact) mass is 397 g/mol. The average Bonchev–Trinajstić information content (AvgIpc) is 2.91. The Morgan fingerprint density at radius 1 is 1.38 bits per heavy atom. The lowest BCUT2D eigenvalue weighted by Crippen LogP contribution is -2.38. The van der Waals surface area contributed by atoms with E-state index in [2.05, 4.69) is 41.5 Å². The van der Waals surface area contributed by atoms with Crippen molar-refractivity contribution in [2.75, 3.05) is 11.5 Å². The molecule has 0 saturated heterocycles. The van der Waals surface area contributed by atoms with E-state index in [1.165, 1.54) is 0 Å². The number of rotatable bonds is 3. The predicted octanol–water partition coefficient (Wildman–Crippen LogP) is 2.99. The van der Waals surface area contributed by atoms with E-state index in [1.54, 1.807) is 4.90 Å². The van der Waals surface area contributed by atoms with Gasteiger partial charge >= 0.3 is 0 Å². The number of halogens is 1. The van der Waals surface area contributed by atoms with E-state index in [9.17, 15) is 4.79 Å². The van der Waals surface area contributed by atoms with E-state index in [0.29, 0.717) is 12.6 Å². The number of aromatic nitrogens is 2. The molecule has 21 heavy (non-hydrogen) atoms. The van der Waals surface area contributed by atoms with Gasteiger partial charge in [0.2, 0.25) is 0 Å². The van der Waals surface area contributed by atoms with Crippen LogP contribution in [0, 0.1) is 3.57 Å². The van der Waals surface area contributed by atoms with Gasteiger partial charge in [-0.15, -0.1) is 0 Å². The van der Waals surface area contributed by atoms with Crippen LogP contribution in [0.4, 0.5) is 5.69 Å². The molecule has 1 aromatic carbocycles. The molecule has 2 aromatic rings. The SMILES string of the molecule is CC(C)n1ccc(CN2C(=O)COc3ccc(I)cc32)n1. The normalized spacial score (nSPS) is 14.3. The van der Waals surface area contributed by atoms with E-state index in [1.807, 2.05) is 35.1 Å². The van der Waals surface area contributed by atoms with E-state index < -0.39 is 0 Å². The third-order valence-corrected chi connectivity index (χ3v) is 4.05. The minimum Gasteiger partial charge on any atom is -0.482 e. The Balaban J connectivity index is 1.90. The maximum Gasteiger partial charge on any atom is 0.265 e. The molecule has 2 heterocycles. The molecule has 110 valence electrons. The number of hydrogen-bond acceptors (Lipinski definition) is 3. The fraction of sp³-hybridized carbons (Fsp3) is 0.333. The van der Waals surface area contributed by atoms with Crippen LogP contribution in [-0.4, -0.2) is 22.3 Å². The van der Waals surface area contributed by atoms with Crippen LogP contribution in [0.25, 0.3) is 0 Å². The van der Waals surface area contributed by atoms with Crippen molar-refractivity contribution in [3.05, 3.63) is 39.7 Å². The van der Waals surface area contributed by atoms with Gasteiger partial charge in [0.15, 0.2) is 6.61 Å². The molecular formula is C15H16IN3O2. The van der Waals surface area contributed by atoms with Crippen molar-refractivity contribution in [1.29, 1.82) is 0 Å². The quantitative estimate of drug-likeness (QED) is 0.749. The Bertz CT molecular complexity index is 681. The van der Waals surface area contributed by atoms with Crippen molar-refractivity contribution >= 4 is 34.2 Å². The molecule has 3 rings (SSSR count). The molecule has 1 aliphatic rings. The van der Waals surface area contributed by atoms with Crippen LogP contribution in [0.3, 0.4) is 0 Å². The zero-order valence-electron chi connectivity index (χ0n) is 11.9. The van der Waals surface area contributed by atoms with Gasteiger partial charge in [0.1, 0.15) is 5.75 Å². The number of anilines is 1. The van der Waals surface area contributed by atoms with E-state index in [0.717, 1.165) is 20.7 Å². The summed E-state index contributed by atoms with van der Waals surface area (Å²) in [5.74, 6) is 0.710. The van der Waals surface area contributed by atoms with Crippen LogP contribution in [-0.2, 0) is 11.3 Å². The maximum absolute atomic E-state index is 12.2. The fourth-order valence-electron chi connectivity index (χ4n) is 2.26. The highest BCUT2D eigenvalue weighted by Crippen LogP contribution is 2.34. The summed E-state index contributed by atoms with van der Waals surface area (Å²) in [6.45, 7) is 4.70. The van der Waals surface area contributed by atoms with E-state index >= 15 is 0 Å². The Kier molecular flexibility index (Phi) is 3.88. The fourth-order valence-corrected chi connectivity index (χ4v) is 2.73. The highest BCUT2D eigenvalue weighted by Gasteiger charge is 2.26. The number of carbonyl (C=O) groups excluding carboxylic acids is 1. The lowest BCUT2D eigenvalue weighted by molar-refractivity contribution is -0.121. The minimum atomic E-state index is -0.0383. The van der Waals surface area contributed by atoms with Crippen LogP contribution in [0.15, 0.2) is 30.5 Å². The molecule has 0 saturated carbocycles. The number of carbonyl (C=O) groups is 1. The van der Waals surface area contributed by atoms with Gasteiger partial charge in [-0.2, -0.15) is 5.10 Å². The minimum absolute atomic E-state index is 0.0383. The molecule has 0 spiro atoms. The van der Waals surface area contributed by atoms with Gasteiger partial charge in [0.25, 0.3) is 5.91 Å². The molecule has 6 heteroatoms. The summed E-state index contributed by atoms with van der Waals surface area (Å²) >= 11 is 2.23. The van der Waals surface area contributed by atoms with Gasteiger partial charge in [-0.25, -0.2) is 0 Å². The van der Waals surface area contributed by atoms with Crippen molar-refractivity contribution in [2.24, 2.45) is 0 Å². The third kappa shape index (κ3) is 2.90. The van der Waals surface area contributed by atoms with Crippen molar-refractivity contribution in [3.63, 3.8) is 0 Å². The zero-order chi connectivity index (χ0) is 15.0. The number of ether oxygens (including phenoxy) is 1. The van der Waals surface area contributed by atoms with E-state index in [-0.39, 0.29) is 12.5 Å². The van der Waals surface area contributed by atoms with Gasteiger partial charge in [0, 0.05) is 15.8 Å². The molecule has 0 bridgehead atoms. The molecule has 0 radical (unpaired) electrons. The number of amides is 1. The first-order chi connectivity index (χ1) is 10.0. The molecular weight excluding hydrogens is 381 g/mol. The van der Waals surface area contributed by atoms with Crippen molar-refractivity contribution in [2.45, 2.75) is 26.4 Å². The largest absolute Gasteiger partial charge is 0.482 e. The van der Waals surface area contributed by atoms with Crippen molar-refractivity contribution in [3.8, 4) is 5.75 Å². The molecule has 0 unspecified atom stereocenters. The number of nitrogens with zero attached hydrogens (tertiary/aromatic N) is 3. The van der Waals surface area contributed by atoms with Crippen LogP contribution in [0.5, 0.6) is 5.75 Å². The van der Waals surface area contributed by atoms with Gasteiger partial charge in [0.05, 0.1) is 17.9 Å². The second-order valence-electron chi connectivity index (χ2n) is 5.26. The Morgan fingerprint density at radius 3 is 2.90 bits per heavy atom. The highest BCUT2D eigenvalue weighted by molar-refractivity contribution is 14.1. The molecule has 1 aromatic heterocycles. The number of hydrogen-bond donors (Lipinski definition) is 0. The summed E-state index contributed by atoms with van der Waals surface area (Å²) in [6.07, 6.45) is 1.95. The summed E-state index contributed by atoms with van der Waals surface area (Å²) in [6, 6.07) is 8.11. The number of benzene rings is 1. The zero-order valence-corrected chi connectivity index (χ0v) is 14.1. The maximum atomic E-state index is 12.2. The van der Waals surface area contributed by atoms with Gasteiger partial charge in [-0.3, -0.25) is 14.4 Å². The Labute approximate surface area is 137 Å². The van der Waals surface area contributed by atoms with Crippen LogP contribution >= 0.6 is 22.6 Å². The topological polar surface area (TPSA) is 47.4 Å². The summed E-state index contributed by atoms with van der Waals surface area (Å²) in [5.41, 5.74) is 1.70. The standard InChI is InChI=1S/C15H16IN3O2/c1-10(2)19-6-5-12(17-19)8-18-13-7-11(16)3-4-14(13)21-9-15(18)20/h3-7,10H,8-9H2,1-2H3. The van der Waals surface area contributed by atoms with Gasteiger partial charge in [-0.05, 0) is 60.7 Å². The highest BCUT2D eigenvalue weighted by atomic mass is 127. The number of fused-ring (bicyclic) bond motifs is 1. The first kappa shape index (κ1) is 14.4. The summed E-state index contributed by atoms with van der Waals surface area (Å²) < 4.78 is 8.45. The molecule has 0 atom stereocenters. The molecule has 0 N–H and O–H groups in total. The average molecular weight is 397 g/mol. The van der Waals surface area contributed by atoms with Crippen LogP contribution in [0.1, 0.15) is 25.6 Å². The molecule has 0 fully saturated rings. The second-order valence-corrected chi connectivity index (χ2v) is 6.51. The first-order valence-corrected chi connectivity index (χ1v) is 7.89. The predicted molar refractivity (Wildman–Crippen MR) is 88.5 cm³/mol. The lowest BCUT2D eigenvalue weighted by atomic mass is 10.2. The van der Waals surface area contributed by atoms with Gasteiger partial charge in [-0.1, -0.05) is 0 Å². The summed E-state index contributed by atoms with van der Waals surface area (Å²) in [4.78, 5) is 13.9. The first-order valence-electron chi connectivity index (χ1n) is 6.81. The molecule has 1 amide bonds.